The van der Waals surface area contributed by atoms with Crippen molar-refractivity contribution < 1.29 is 33.4 Å². The minimum atomic E-state index is -1.50. The van der Waals surface area contributed by atoms with Gasteiger partial charge in [-0.3, -0.25) is 9.59 Å². The molecular formula is C17H27NO7. The molecule has 0 spiro atoms. The fourth-order valence-corrected chi connectivity index (χ4v) is 2.65. The van der Waals surface area contributed by atoms with Gasteiger partial charge in [0.05, 0.1) is 13.2 Å². The first-order chi connectivity index (χ1) is 11.5. The van der Waals surface area contributed by atoms with Crippen LogP contribution in [-0.4, -0.2) is 48.2 Å². The molecule has 1 N–H and O–H groups in total. The van der Waals surface area contributed by atoms with Crippen LogP contribution >= 0.6 is 0 Å². The lowest BCUT2D eigenvalue weighted by molar-refractivity contribution is -0.160. The highest BCUT2D eigenvalue weighted by molar-refractivity contribution is 6.02. The van der Waals surface area contributed by atoms with Crippen molar-refractivity contribution in [3.63, 3.8) is 0 Å². The summed E-state index contributed by atoms with van der Waals surface area (Å²) in [5, 5.41) is 2.53. The Morgan fingerprint density at radius 1 is 1.16 bits per heavy atom. The Morgan fingerprint density at radius 3 is 2.28 bits per heavy atom. The van der Waals surface area contributed by atoms with E-state index >= 15 is 0 Å². The highest BCUT2D eigenvalue weighted by Gasteiger charge is 2.51. The molecule has 1 saturated carbocycles. The molecule has 0 aromatic heterocycles. The number of amides is 1. The molecule has 0 saturated heterocycles. The lowest BCUT2D eigenvalue weighted by Crippen LogP contribution is -2.60. The van der Waals surface area contributed by atoms with E-state index in [0.29, 0.717) is 0 Å². The van der Waals surface area contributed by atoms with Gasteiger partial charge < -0.3 is 19.5 Å². The molecule has 142 valence electrons. The van der Waals surface area contributed by atoms with E-state index in [0.717, 1.165) is 0 Å². The summed E-state index contributed by atoms with van der Waals surface area (Å²) in [6.07, 6.45) is -1.02. The summed E-state index contributed by atoms with van der Waals surface area (Å²) in [4.78, 5) is 48.8. The molecule has 2 unspecified atom stereocenters. The van der Waals surface area contributed by atoms with Gasteiger partial charge in [-0.05, 0) is 41.0 Å². The topological polar surface area (TPSA) is 108 Å². The van der Waals surface area contributed by atoms with Gasteiger partial charge in [-0.15, -0.1) is 0 Å². The van der Waals surface area contributed by atoms with E-state index in [9.17, 15) is 19.2 Å². The van der Waals surface area contributed by atoms with Gasteiger partial charge in [0.25, 0.3) is 0 Å². The predicted molar refractivity (Wildman–Crippen MR) is 87.7 cm³/mol. The molecule has 1 aliphatic carbocycles. The normalized spacial score (nSPS) is 23.6. The largest absolute Gasteiger partial charge is 0.465 e. The molecule has 0 bridgehead atoms. The predicted octanol–water partition coefficient (Wildman–Crippen LogP) is 1.75. The monoisotopic (exact) mass is 357 g/mol. The molecule has 1 rings (SSSR count). The molecular weight excluding hydrogens is 330 g/mol. The number of Topliss-reactive ketones (excluding diaryl/α,β-unsaturated/α-hetero) is 1. The van der Waals surface area contributed by atoms with Crippen molar-refractivity contribution in [3.8, 4) is 0 Å². The van der Waals surface area contributed by atoms with Gasteiger partial charge in [-0.1, -0.05) is 0 Å². The number of ketones is 1. The molecule has 0 heterocycles. The van der Waals surface area contributed by atoms with Crippen molar-refractivity contribution in [1.29, 1.82) is 0 Å². The standard InChI is InChI=1S/C17H27NO7/c1-6-23-13(20)11-10-17(9-8-12(11)19,14(21)24-7-2)18-15(22)25-16(3,4)5/h11H,6-10H2,1-5H3,(H,18,22). The Labute approximate surface area is 147 Å². The average molecular weight is 357 g/mol. The van der Waals surface area contributed by atoms with Crippen molar-refractivity contribution in [2.45, 2.75) is 65.0 Å². The van der Waals surface area contributed by atoms with Gasteiger partial charge >= 0.3 is 18.0 Å². The van der Waals surface area contributed by atoms with Crippen LogP contribution in [0.25, 0.3) is 0 Å². The van der Waals surface area contributed by atoms with Crippen LogP contribution in [0.4, 0.5) is 4.79 Å². The first-order valence-electron chi connectivity index (χ1n) is 8.42. The summed E-state index contributed by atoms with van der Waals surface area (Å²) in [5.74, 6) is -2.83. The Balaban J connectivity index is 3.06. The SMILES string of the molecule is CCOC(=O)C1CC(NC(=O)OC(C)(C)C)(C(=O)OCC)CCC1=O. The number of ether oxygens (including phenoxy) is 3. The second-order valence-electron chi connectivity index (χ2n) is 6.90. The van der Waals surface area contributed by atoms with Crippen LogP contribution < -0.4 is 5.32 Å². The van der Waals surface area contributed by atoms with Crippen LogP contribution in [0.2, 0.25) is 0 Å². The number of carbonyl (C=O) groups excluding carboxylic acids is 4. The van der Waals surface area contributed by atoms with Crippen molar-refractivity contribution in [3.05, 3.63) is 0 Å². The lowest BCUT2D eigenvalue weighted by atomic mass is 9.74. The van der Waals surface area contributed by atoms with E-state index in [-0.39, 0.29) is 38.3 Å². The quantitative estimate of drug-likeness (QED) is 0.453. The molecule has 1 amide bonds. The van der Waals surface area contributed by atoms with Crippen LogP contribution in [0.5, 0.6) is 0 Å². The minimum absolute atomic E-state index is 0.0415. The zero-order valence-electron chi connectivity index (χ0n) is 15.5. The third-order valence-corrected chi connectivity index (χ3v) is 3.72. The molecule has 8 heteroatoms. The molecule has 0 aromatic rings. The smallest absolute Gasteiger partial charge is 0.408 e. The molecule has 1 fully saturated rings. The minimum Gasteiger partial charge on any atom is -0.465 e. The molecule has 1 aliphatic rings. The highest BCUT2D eigenvalue weighted by atomic mass is 16.6. The van der Waals surface area contributed by atoms with Crippen LogP contribution in [0.15, 0.2) is 0 Å². The fraction of sp³-hybridized carbons (Fsp3) is 0.765. The maximum absolute atomic E-state index is 12.5. The molecule has 2 atom stereocenters. The Morgan fingerprint density at radius 2 is 1.76 bits per heavy atom. The van der Waals surface area contributed by atoms with Crippen molar-refractivity contribution >= 4 is 23.8 Å². The average Bonchev–Trinajstić information content (AvgIpc) is 2.47. The van der Waals surface area contributed by atoms with Gasteiger partial charge in [0, 0.05) is 12.8 Å². The van der Waals surface area contributed by atoms with Crippen LogP contribution in [0, 0.1) is 5.92 Å². The van der Waals surface area contributed by atoms with Gasteiger partial charge in [0.1, 0.15) is 22.8 Å². The second kappa shape index (κ2) is 8.31. The van der Waals surface area contributed by atoms with Crippen molar-refractivity contribution in [2.24, 2.45) is 5.92 Å². The van der Waals surface area contributed by atoms with Crippen LogP contribution in [0.1, 0.15) is 53.9 Å². The third kappa shape index (κ3) is 5.72. The molecule has 0 aliphatic heterocycles. The maximum Gasteiger partial charge on any atom is 0.408 e. The highest BCUT2D eigenvalue weighted by Crippen LogP contribution is 2.33. The van der Waals surface area contributed by atoms with Crippen molar-refractivity contribution in [1.82, 2.24) is 5.32 Å². The second-order valence-corrected chi connectivity index (χ2v) is 6.90. The molecule has 8 nitrogen and oxygen atoms in total. The first-order valence-corrected chi connectivity index (χ1v) is 8.42. The summed E-state index contributed by atoms with van der Waals surface area (Å²) >= 11 is 0. The first kappa shape index (κ1) is 20.9. The molecule has 0 radical (unpaired) electrons. The number of esters is 2. The molecule has 0 aromatic carbocycles. The van der Waals surface area contributed by atoms with E-state index in [1.807, 2.05) is 0 Å². The number of rotatable bonds is 5. The summed E-state index contributed by atoms with van der Waals surface area (Å²) in [7, 11) is 0. The van der Waals surface area contributed by atoms with E-state index < -0.39 is 35.1 Å². The van der Waals surface area contributed by atoms with Gasteiger partial charge in [0.2, 0.25) is 0 Å². The molecule has 25 heavy (non-hydrogen) atoms. The van der Waals surface area contributed by atoms with Crippen LogP contribution in [0.3, 0.4) is 0 Å². The Kier molecular flexibility index (Phi) is 6.96. The van der Waals surface area contributed by atoms with Gasteiger partial charge in [-0.2, -0.15) is 0 Å². The zero-order valence-corrected chi connectivity index (χ0v) is 15.5. The maximum atomic E-state index is 12.5. The summed E-state index contributed by atoms with van der Waals surface area (Å²) in [6, 6.07) is 0. The Hall–Kier alpha value is -2.12. The summed E-state index contributed by atoms with van der Waals surface area (Å²) in [5.41, 5.74) is -2.26. The number of hydrogen-bond acceptors (Lipinski definition) is 7. The van der Waals surface area contributed by atoms with Crippen LogP contribution in [-0.2, 0) is 28.6 Å². The zero-order chi connectivity index (χ0) is 19.3. The number of alkyl carbamates (subject to hydrolysis) is 1. The summed E-state index contributed by atoms with van der Waals surface area (Å²) < 4.78 is 15.2. The Bertz CT molecular complexity index is 538. The number of nitrogens with one attached hydrogen (secondary N) is 1. The number of hydrogen-bond donors (Lipinski definition) is 1. The summed E-state index contributed by atoms with van der Waals surface area (Å²) in [6.45, 7) is 8.56. The van der Waals surface area contributed by atoms with E-state index in [1.54, 1.807) is 34.6 Å². The van der Waals surface area contributed by atoms with E-state index in [2.05, 4.69) is 5.32 Å². The van der Waals surface area contributed by atoms with Gasteiger partial charge in [0.15, 0.2) is 0 Å². The van der Waals surface area contributed by atoms with Crippen molar-refractivity contribution in [2.75, 3.05) is 13.2 Å². The fourth-order valence-electron chi connectivity index (χ4n) is 2.65. The lowest BCUT2D eigenvalue weighted by Gasteiger charge is -2.38. The van der Waals surface area contributed by atoms with E-state index in [4.69, 9.17) is 14.2 Å². The van der Waals surface area contributed by atoms with Gasteiger partial charge in [-0.25, -0.2) is 9.59 Å². The van der Waals surface area contributed by atoms with E-state index in [1.165, 1.54) is 0 Å². The third-order valence-electron chi connectivity index (χ3n) is 3.72. The number of carbonyl (C=O) groups is 4.